The van der Waals surface area contributed by atoms with Crippen molar-refractivity contribution < 1.29 is 14.1 Å². The van der Waals surface area contributed by atoms with Crippen LogP contribution in [-0.2, 0) is 13.1 Å². The molecule has 0 bridgehead atoms. The van der Waals surface area contributed by atoms with E-state index in [1.54, 1.807) is 37.6 Å². The van der Waals surface area contributed by atoms with E-state index >= 15 is 0 Å². The van der Waals surface area contributed by atoms with Gasteiger partial charge in [0.2, 0.25) is 5.76 Å². The maximum absolute atomic E-state index is 12.4. The number of anilines is 1. The predicted octanol–water partition coefficient (Wildman–Crippen LogP) is 4.34. The van der Waals surface area contributed by atoms with E-state index in [1.165, 1.54) is 22.4 Å². The lowest BCUT2D eigenvalue weighted by atomic mass is 10.2. The highest BCUT2D eigenvalue weighted by molar-refractivity contribution is 7.13. The van der Waals surface area contributed by atoms with E-state index in [2.05, 4.69) is 20.8 Å². The summed E-state index contributed by atoms with van der Waals surface area (Å²) < 4.78 is 4.98. The minimum absolute atomic E-state index is 0.197. The smallest absolute Gasteiger partial charge is 0.321 e. The van der Waals surface area contributed by atoms with Gasteiger partial charge in [-0.3, -0.25) is 10.1 Å². The summed E-state index contributed by atoms with van der Waals surface area (Å²) in [6.07, 6.45) is 1.49. The maximum atomic E-state index is 12.4. The molecule has 11 heteroatoms. The summed E-state index contributed by atoms with van der Waals surface area (Å²) in [6.45, 7) is 2.30. The molecule has 0 saturated carbocycles. The summed E-state index contributed by atoms with van der Waals surface area (Å²) in [7, 11) is 1.64. The average Bonchev–Trinajstić information content (AvgIpc) is 3.30. The first-order valence-corrected chi connectivity index (χ1v) is 10.1. The topological polar surface area (TPSA) is 100 Å². The molecule has 2 N–H and O–H groups in total. The lowest BCUT2D eigenvalue weighted by Crippen LogP contribution is -2.28. The summed E-state index contributed by atoms with van der Waals surface area (Å²) in [6, 6.07) is 4.73. The van der Waals surface area contributed by atoms with E-state index in [9.17, 15) is 9.59 Å². The summed E-state index contributed by atoms with van der Waals surface area (Å²) in [5.41, 5.74) is 2.13. The zero-order chi connectivity index (χ0) is 21.0. The Labute approximate surface area is 180 Å². The number of thiazole rings is 1. The van der Waals surface area contributed by atoms with Crippen molar-refractivity contribution in [2.24, 2.45) is 0 Å². The van der Waals surface area contributed by atoms with Gasteiger partial charge in [-0.15, -0.1) is 11.3 Å². The van der Waals surface area contributed by atoms with Crippen molar-refractivity contribution in [3.63, 3.8) is 0 Å². The minimum Gasteiger partial charge on any atom is -0.351 e. The Hall–Kier alpha value is -2.62. The van der Waals surface area contributed by atoms with Crippen molar-refractivity contribution in [3.05, 3.63) is 62.4 Å². The Morgan fingerprint density at radius 2 is 2.07 bits per heavy atom. The number of nitrogens with zero attached hydrogens (tertiary/aromatic N) is 3. The number of amides is 3. The van der Waals surface area contributed by atoms with Gasteiger partial charge >= 0.3 is 6.03 Å². The fourth-order valence-corrected chi connectivity index (χ4v) is 3.41. The molecule has 0 fully saturated rings. The third kappa shape index (κ3) is 5.47. The number of carbonyl (C=O) groups excluding carboxylic acids is 2. The molecule has 3 amide bonds. The average molecular weight is 454 g/mol. The van der Waals surface area contributed by atoms with Crippen LogP contribution < -0.4 is 10.6 Å². The SMILES string of the molecule is Cc1cnoc1C(=O)N(C)Cc1csc(NC(=O)NCc2ccc(Cl)c(Cl)c2)n1. The van der Waals surface area contributed by atoms with E-state index in [1.807, 2.05) is 0 Å². The Balaban J connectivity index is 1.51. The van der Waals surface area contributed by atoms with E-state index in [0.29, 0.717) is 26.4 Å². The molecule has 0 saturated heterocycles. The molecule has 0 unspecified atom stereocenters. The van der Waals surface area contributed by atoms with Gasteiger partial charge in [0.05, 0.1) is 28.5 Å². The fraction of sp³-hybridized carbons (Fsp3) is 0.222. The molecule has 29 heavy (non-hydrogen) atoms. The molecule has 0 aliphatic heterocycles. The molecule has 0 radical (unpaired) electrons. The molecule has 0 aliphatic carbocycles. The number of rotatable bonds is 6. The van der Waals surface area contributed by atoms with Crippen LogP contribution in [-0.4, -0.2) is 34.0 Å². The molecule has 8 nitrogen and oxygen atoms in total. The van der Waals surface area contributed by atoms with Gasteiger partial charge in [-0.1, -0.05) is 34.4 Å². The number of halogens is 2. The standard InChI is InChI=1S/C18H17Cl2N5O3S/c1-10-6-22-28-15(10)16(26)25(2)8-12-9-29-18(23-12)24-17(27)21-7-11-3-4-13(19)14(20)5-11/h3-6,9H,7-8H2,1-2H3,(H2,21,23,24,27). The first kappa shape index (κ1) is 21.1. The molecule has 3 aromatic rings. The van der Waals surface area contributed by atoms with Gasteiger partial charge < -0.3 is 14.7 Å². The van der Waals surface area contributed by atoms with E-state index in [0.717, 1.165) is 5.56 Å². The Morgan fingerprint density at radius 3 is 2.76 bits per heavy atom. The predicted molar refractivity (Wildman–Crippen MR) is 111 cm³/mol. The number of aromatic nitrogens is 2. The number of hydrogen-bond acceptors (Lipinski definition) is 6. The zero-order valence-corrected chi connectivity index (χ0v) is 17.9. The third-order valence-electron chi connectivity index (χ3n) is 3.90. The highest BCUT2D eigenvalue weighted by Gasteiger charge is 2.19. The zero-order valence-electron chi connectivity index (χ0n) is 15.5. The van der Waals surface area contributed by atoms with Gasteiger partial charge in [-0.2, -0.15) is 0 Å². The highest BCUT2D eigenvalue weighted by Crippen LogP contribution is 2.22. The first-order valence-electron chi connectivity index (χ1n) is 8.43. The molecular formula is C18H17Cl2N5O3S. The third-order valence-corrected chi connectivity index (χ3v) is 5.44. The highest BCUT2D eigenvalue weighted by atomic mass is 35.5. The largest absolute Gasteiger partial charge is 0.351 e. The second-order valence-corrected chi connectivity index (χ2v) is 7.87. The fourth-order valence-electron chi connectivity index (χ4n) is 2.39. The number of carbonyl (C=O) groups is 2. The van der Waals surface area contributed by atoms with Crippen LogP contribution in [0.1, 0.15) is 27.4 Å². The number of hydrogen-bond donors (Lipinski definition) is 2. The van der Waals surface area contributed by atoms with E-state index in [-0.39, 0.29) is 24.8 Å². The monoisotopic (exact) mass is 453 g/mol. The van der Waals surface area contributed by atoms with Crippen LogP contribution in [0.25, 0.3) is 0 Å². The van der Waals surface area contributed by atoms with Gasteiger partial charge in [0, 0.05) is 24.5 Å². The molecule has 2 aromatic heterocycles. The second kappa shape index (κ2) is 9.25. The second-order valence-electron chi connectivity index (χ2n) is 6.20. The maximum Gasteiger partial charge on any atom is 0.321 e. The van der Waals surface area contributed by atoms with Crippen molar-refractivity contribution in [3.8, 4) is 0 Å². The van der Waals surface area contributed by atoms with Crippen molar-refractivity contribution in [1.29, 1.82) is 0 Å². The number of benzene rings is 1. The summed E-state index contributed by atoms with van der Waals surface area (Å²) in [5, 5.41) is 12.1. The lowest BCUT2D eigenvalue weighted by molar-refractivity contribution is 0.0741. The normalized spacial score (nSPS) is 10.6. The lowest BCUT2D eigenvalue weighted by Gasteiger charge is -2.14. The van der Waals surface area contributed by atoms with Crippen LogP contribution in [0.15, 0.2) is 34.3 Å². The van der Waals surface area contributed by atoms with Gasteiger partial charge in [0.25, 0.3) is 5.91 Å². The van der Waals surface area contributed by atoms with Crippen LogP contribution in [0, 0.1) is 6.92 Å². The van der Waals surface area contributed by atoms with Gasteiger partial charge in [0.1, 0.15) is 0 Å². The van der Waals surface area contributed by atoms with Crippen LogP contribution in [0.5, 0.6) is 0 Å². The van der Waals surface area contributed by atoms with E-state index in [4.69, 9.17) is 27.7 Å². The van der Waals surface area contributed by atoms with Crippen LogP contribution in [0.3, 0.4) is 0 Å². The van der Waals surface area contributed by atoms with Crippen LogP contribution in [0.2, 0.25) is 10.0 Å². The molecule has 0 spiro atoms. The quantitative estimate of drug-likeness (QED) is 0.577. The van der Waals surface area contributed by atoms with Crippen LogP contribution >= 0.6 is 34.5 Å². The van der Waals surface area contributed by atoms with Gasteiger partial charge in [0.15, 0.2) is 5.13 Å². The molecular weight excluding hydrogens is 437 g/mol. The Bertz CT molecular complexity index is 1040. The van der Waals surface area contributed by atoms with Crippen LogP contribution in [0.4, 0.5) is 9.93 Å². The number of urea groups is 1. The Morgan fingerprint density at radius 1 is 1.28 bits per heavy atom. The Kier molecular flexibility index (Phi) is 6.73. The summed E-state index contributed by atoms with van der Waals surface area (Å²) in [5.74, 6) is -0.0929. The molecule has 1 aromatic carbocycles. The first-order chi connectivity index (χ1) is 13.8. The summed E-state index contributed by atoms with van der Waals surface area (Å²) >= 11 is 13.1. The van der Waals surface area contributed by atoms with Gasteiger partial charge in [-0.05, 0) is 24.6 Å². The molecule has 152 valence electrons. The van der Waals surface area contributed by atoms with Crippen molar-refractivity contribution in [2.75, 3.05) is 12.4 Å². The van der Waals surface area contributed by atoms with E-state index < -0.39 is 6.03 Å². The molecule has 0 atom stereocenters. The number of aryl methyl sites for hydroxylation is 1. The molecule has 0 aliphatic rings. The molecule has 3 rings (SSSR count). The van der Waals surface area contributed by atoms with Crippen molar-refractivity contribution in [1.82, 2.24) is 20.4 Å². The van der Waals surface area contributed by atoms with Gasteiger partial charge in [-0.25, -0.2) is 9.78 Å². The number of nitrogens with one attached hydrogen (secondary N) is 2. The molecule has 2 heterocycles. The van der Waals surface area contributed by atoms with Crippen molar-refractivity contribution in [2.45, 2.75) is 20.0 Å². The van der Waals surface area contributed by atoms with Crippen molar-refractivity contribution >= 4 is 51.6 Å². The summed E-state index contributed by atoms with van der Waals surface area (Å²) in [4.78, 5) is 30.2. The minimum atomic E-state index is -0.404.